The molecule has 1 aliphatic rings. The number of phenols is 1. The second-order valence-corrected chi connectivity index (χ2v) is 7.08. The molecule has 0 radical (unpaired) electrons. The highest BCUT2D eigenvalue weighted by Crippen LogP contribution is 2.24. The summed E-state index contributed by atoms with van der Waals surface area (Å²) in [5.74, 6) is 0.762. The lowest BCUT2D eigenvalue weighted by Gasteiger charge is -2.33. The molecule has 5 heteroatoms. The van der Waals surface area contributed by atoms with Gasteiger partial charge in [0.25, 0.3) is 5.91 Å². The van der Waals surface area contributed by atoms with Gasteiger partial charge >= 0.3 is 0 Å². The average Bonchev–Trinajstić information content (AvgIpc) is 2.69. The Bertz CT molecular complexity index is 790. The van der Waals surface area contributed by atoms with Crippen molar-refractivity contribution in [1.82, 2.24) is 4.90 Å². The van der Waals surface area contributed by atoms with Gasteiger partial charge < -0.3 is 14.7 Å². The molecule has 0 unspecified atom stereocenters. The van der Waals surface area contributed by atoms with Crippen LogP contribution in [0.25, 0.3) is 0 Å². The molecule has 0 aromatic heterocycles. The van der Waals surface area contributed by atoms with Crippen LogP contribution in [0.1, 0.15) is 35.7 Å². The van der Waals surface area contributed by atoms with E-state index in [-0.39, 0.29) is 23.4 Å². The summed E-state index contributed by atoms with van der Waals surface area (Å²) < 4.78 is 5.76. The number of rotatable bonds is 5. The number of ketones is 1. The third kappa shape index (κ3) is 4.67. The molecule has 27 heavy (non-hydrogen) atoms. The van der Waals surface area contributed by atoms with Crippen LogP contribution in [0, 0.1) is 12.8 Å². The molecule has 5 nitrogen and oxygen atoms in total. The molecule has 1 N–H and O–H groups in total. The van der Waals surface area contributed by atoms with Crippen LogP contribution in [-0.4, -0.2) is 40.9 Å². The number of phenolic OH excluding ortho intramolecular Hbond substituents is 1. The van der Waals surface area contributed by atoms with Crippen molar-refractivity contribution < 1.29 is 19.4 Å². The van der Waals surface area contributed by atoms with E-state index in [4.69, 9.17) is 4.74 Å². The lowest BCUT2D eigenvalue weighted by Crippen LogP contribution is -2.45. The Morgan fingerprint density at radius 1 is 1.04 bits per heavy atom. The van der Waals surface area contributed by atoms with Gasteiger partial charge in [-0.15, -0.1) is 0 Å². The number of aryl methyl sites for hydroxylation is 1. The van der Waals surface area contributed by atoms with Crippen LogP contribution in [0.4, 0.5) is 0 Å². The zero-order chi connectivity index (χ0) is 19.4. The van der Waals surface area contributed by atoms with Gasteiger partial charge in [0.1, 0.15) is 11.5 Å². The van der Waals surface area contributed by atoms with E-state index in [2.05, 4.69) is 0 Å². The molecule has 0 saturated carbocycles. The van der Waals surface area contributed by atoms with Gasteiger partial charge in [0, 0.05) is 24.6 Å². The zero-order valence-corrected chi connectivity index (χ0v) is 15.7. The number of carbonyl (C=O) groups excluding carboxylic acids is 2. The third-order valence-corrected chi connectivity index (χ3v) is 5.01. The van der Waals surface area contributed by atoms with Crippen molar-refractivity contribution >= 4 is 11.7 Å². The number of carbonyl (C=O) groups is 2. The van der Waals surface area contributed by atoms with Gasteiger partial charge in [0.05, 0.1) is 0 Å². The van der Waals surface area contributed by atoms with Crippen molar-refractivity contribution in [2.45, 2.75) is 32.8 Å². The van der Waals surface area contributed by atoms with Crippen LogP contribution in [0.2, 0.25) is 0 Å². The topological polar surface area (TPSA) is 66.8 Å². The highest BCUT2D eigenvalue weighted by Gasteiger charge is 2.30. The summed E-state index contributed by atoms with van der Waals surface area (Å²) in [5.41, 5.74) is 1.75. The Kier molecular flexibility index (Phi) is 5.79. The quantitative estimate of drug-likeness (QED) is 0.820. The van der Waals surface area contributed by atoms with Crippen molar-refractivity contribution in [1.29, 1.82) is 0 Å². The number of hydrogen-bond acceptors (Lipinski definition) is 4. The van der Waals surface area contributed by atoms with Crippen LogP contribution < -0.4 is 4.74 Å². The number of Topliss-reactive ketones (excluding diaryl/α,β-unsaturated/α-hetero) is 1. The maximum atomic E-state index is 12.6. The largest absolute Gasteiger partial charge is 0.508 e. The second-order valence-electron chi connectivity index (χ2n) is 7.08. The molecule has 1 heterocycles. The first kappa shape index (κ1) is 19.0. The molecular weight excluding hydrogens is 342 g/mol. The molecule has 142 valence electrons. The normalized spacial score (nSPS) is 16.0. The second kappa shape index (κ2) is 8.25. The Balaban J connectivity index is 1.53. The van der Waals surface area contributed by atoms with Gasteiger partial charge in [0.2, 0.25) is 0 Å². The van der Waals surface area contributed by atoms with Crippen LogP contribution >= 0.6 is 0 Å². The molecule has 3 rings (SSSR count). The Morgan fingerprint density at radius 3 is 2.22 bits per heavy atom. The first-order chi connectivity index (χ1) is 12.9. The van der Waals surface area contributed by atoms with E-state index in [9.17, 15) is 14.7 Å². The molecule has 1 saturated heterocycles. The van der Waals surface area contributed by atoms with E-state index in [1.807, 2.05) is 31.2 Å². The summed E-state index contributed by atoms with van der Waals surface area (Å²) in [6.45, 7) is 4.86. The van der Waals surface area contributed by atoms with E-state index in [0.29, 0.717) is 37.2 Å². The molecule has 1 aliphatic heterocycles. The molecular formula is C22H25NO4. The van der Waals surface area contributed by atoms with Gasteiger partial charge in [-0.3, -0.25) is 9.59 Å². The maximum Gasteiger partial charge on any atom is 0.263 e. The molecule has 2 aromatic carbocycles. The lowest BCUT2D eigenvalue weighted by atomic mass is 9.88. The summed E-state index contributed by atoms with van der Waals surface area (Å²) in [6.07, 6.45) is 0.725. The Hall–Kier alpha value is -2.82. The fraction of sp³-hybridized carbons (Fsp3) is 0.364. The van der Waals surface area contributed by atoms with Crippen molar-refractivity contribution in [2.75, 3.05) is 13.1 Å². The van der Waals surface area contributed by atoms with Crippen molar-refractivity contribution in [3.05, 3.63) is 59.7 Å². The van der Waals surface area contributed by atoms with Gasteiger partial charge in [0.15, 0.2) is 11.9 Å². The molecule has 2 aromatic rings. The molecule has 1 amide bonds. The average molecular weight is 367 g/mol. The molecule has 1 fully saturated rings. The minimum atomic E-state index is -0.558. The number of likely N-dealkylation sites (tertiary alicyclic amines) is 1. The first-order valence-corrected chi connectivity index (χ1v) is 9.29. The third-order valence-electron chi connectivity index (χ3n) is 5.01. The van der Waals surface area contributed by atoms with E-state index in [1.54, 1.807) is 24.0 Å². The zero-order valence-electron chi connectivity index (χ0n) is 15.7. The van der Waals surface area contributed by atoms with E-state index >= 15 is 0 Å². The Morgan fingerprint density at radius 2 is 1.63 bits per heavy atom. The van der Waals surface area contributed by atoms with Gasteiger partial charge in [-0.2, -0.15) is 0 Å². The molecule has 0 spiro atoms. The number of aromatic hydroxyl groups is 1. The van der Waals surface area contributed by atoms with E-state index < -0.39 is 6.10 Å². The smallest absolute Gasteiger partial charge is 0.263 e. The SMILES string of the molecule is Cc1ccc(O[C@@H](C)C(=O)N2CCC(C(=O)c3ccc(O)cc3)CC2)cc1. The predicted molar refractivity (Wildman–Crippen MR) is 103 cm³/mol. The molecule has 0 bridgehead atoms. The number of amides is 1. The number of piperidine rings is 1. The van der Waals surface area contributed by atoms with Crippen molar-refractivity contribution in [2.24, 2.45) is 5.92 Å². The van der Waals surface area contributed by atoms with Crippen LogP contribution in [0.5, 0.6) is 11.5 Å². The minimum absolute atomic E-state index is 0.0499. The van der Waals surface area contributed by atoms with Gasteiger partial charge in [-0.25, -0.2) is 0 Å². The molecule has 0 aliphatic carbocycles. The minimum Gasteiger partial charge on any atom is -0.508 e. The first-order valence-electron chi connectivity index (χ1n) is 9.29. The monoisotopic (exact) mass is 367 g/mol. The van der Waals surface area contributed by atoms with Crippen LogP contribution in [-0.2, 0) is 4.79 Å². The Labute approximate surface area is 159 Å². The molecule has 1 atom stereocenters. The fourth-order valence-corrected chi connectivity index (χ4v) is 3.35. The van der Waals surface area contributed by atoms with E-state index in [0.717, 1.165) is 5.56 Å². The van der Waals surface area contributed by atoms with Crippen LogP contribution in [0.15, 0.2) is 48.5 Å². The lowest BCUT2D eigenvalue weighted by molar-refractivity contribution is -0.139. The fourth-order valence-electron chi connectivity index (χ4n) is 3.35. The van der Waals surface area contributed by atoms with Crippen molar-refractivity contribution in [3.63, 3.8) is 0 Å². The summed E-state index contributed by atoms with van der Waals surface area (Å²) >= 11 is 0. The number of ether oxygens (including phenoxy) is 1. The summed E-state index contributed by atoms with van der Waals surface area (Å²) in [6, 6.07) is 14.0. The number of nitrogens with zero attached hydrogens (tertiary/aromatic N) is 1. The maximum absolute atomic E-state index is 12.6. The van der Waals surface area contributed by atoms with Gasteiger partial charge in [-0.05, 0) is 63.1 Å². The summed E-state index contributed by atoms with van der Waals surface area (Å²) in [5, 5.41) is 9.35. The van der Waals surface area contributed by atoms with Gasteiger partial charge in [-0.1, -0.05) is 17.7 Å². The highest BCUT2D eigenvalue weighted by atomic mass is 16.5. The van der Waals surface area contributed by atoms with E-state index in [1.165, 1.54) is 12.1 Å². The van der Waals surface area contributed by atoms with Crippen LogP contribution in [0.3, 0.4) is 0 Å². The standard InChI is InChI=1S/C22H25NO4/c1-15-3-9-20(10-4-15)27-16(2)22(26)23-13-11-18(12-14-23)21(25)17-5-7-19(24)8-6-17/h3-10,16,18,24H,11-14H2,1-2H3/t16-/m0/s1. The van der Waals surface area contributed by atoms with Crippen molar-refractivity contribution in [3.8, 4) is 11.5 Å². The number of hydrogen-bond donors (Lipinski definition) is 1. The predicted octanol–water partition coefficient (Wildman–Crippen LogP) is 3.59. The summed E-state index contributed by atoms with van der Waals surface area (Å²) in [4.78, 5) is 27.0. The number of benzene rings is 2. The summed E-state index contributed by atoms with van der Waals surface area (Å²) in [7, 11) is 0. The highest BCUT2D eigenvalue weighted by molar-refractivity contribution is 5.98.